The number of ether oxygens (including phenoxy) is 1. The van der Waals surface area contributed by atoms with E-state index in [4.69, 9.17) is 17.0 Å². The number of rotatable bonds is 4. The molecule has 0 atom stereocenters. The van der Waals surface area contributed by atoms with Crippen molar-refractivity contribution in [3.05, 3.63) is 35.6 Å². The van der Waals surface area contributed by atoms with Crippen molar-refractivity contribution in [3.63, 3.8) is 0 Å². The molecule has 1 saturated heterocycles. The monoisotopic (exact) mass is 311 g/mol. The Kier molecular flexibility index (Phi) is 6.04. The third-order valence-electron chi connectivity index (χ3n) is 3.16. The van der Waals surface area contributed by atoms with Gasteiger partial charge in [0.2, 0.25) is 0 Å². The first-order chi connectivity index (χ1) is 10.2. The Bertz CT molecular complexity index is 507. The van der Waals surface area contributed by atoms with E-state index in [-0.39, 0.29) is 10.7 Å². The summed E-state index contributed by atoms with van der Waals surface area (Å²) in [5.74, 6) is -1.11. The number of carbonyl (C=O) groups is 1. The summed E-state index contributed by atoms with van der Waals surface area (Å²) in [5.41, 5.74) is -0.0187. The molecule has 0 aliphatic carbocycles. The predicted octanol–water partition coefficient (Wildman–Crippen LogP) is 0.762. The molecule has 1 aliphatic rings. The highest BCUT2D eigenvalue weighted by Gasteiger charge is 2.13. The van der Waals surface area contributed by atoms with Gasteiger partial charge >= 0.3 is 0 Å². The van der Waals surface area contributed by atoms with Gasteiger partial charge in [-0.05, 0) is 24.4 Å². The maximum Gasteiger partial charge on any atom is 0.260 e. The Morgan fingerprint density at radius 1 is 1.33 bits per heavy atom. The van der Waals surface area contributed by atoms with E-state index >= 15 is 0 Å². The lowest BCUT2D eigenvalue weighted by atomic mass is 10.2. The highest BCUT2D eigenvalue weighted by molar-refractivity contribution is 7.80. The van der Waals surface area contributed by atoms with E-state index in [2.05, 4.69) is 15.5 Å². The smallest absolute Gasteiger partial charge is 0.260 e. The number of carbonyl (C=O) groups excluding carboxylic acids is 1. The van der Waals surface area contributed by atoms with Gasteiger partial charge in [0.25, 0.3) is 5.91 Å². The van der Waals surface area contributed by atoms with Gasteiger partial charge in [-0.1, -0.05) is 12.1 Å². The number of thiocarbonyl (C=S) groups is 1. The van der Waals surface area contributed by atoms with Crippen LogP contribution >= 0.6 is 12.2 Å². The van der Waals surface area contributed by atoms with E-state index in [9.17, 15) is 9.18 Å². The first-order valence-electron chi connectivity index (χ1n) is 6.80. The number of hydrogen-bond acceptors (Lipinski definition) is 4. The molecule has 0 spiro atoms. The molecule has 5 nitrogen and oxygen atoms in total. The zero-order chi connectivity index (χ0) is 15.1. The Morgan fingerprint density at radius 2 is 2.05 bits per heavy atom. The summed E-state index contributed by atoms with van der Waals surface area (Å²) in [6, 6.07) is 5.79. The average molecular weight is 311 g/mol. The lowest BCUT2D eigenvalue weighted by molar-refractivity contribution is 0.0389. The topological polar surface area (TPSA) is 53.6 Å². The highest BCUT2D eigenvalue weighted by atomic mass is 32.1. The van der Waals surface area contributed by atoms with Crippen molar-refractivity contribution in [1.82, 2.24) is 15.5 Å². The summed E-state index contributed by atoms with van der Waals surface area (Å²) in [7, 11) is 0. The van der Waals surface area contributed by atoms with Gasteiger partial charge in [-0.3, -0.25) is 15.0 Å². The molecule has 0 bridgehead atoms. The lowest BCUT2D eigenvalue weighted by Crippen LogP contribution is -2.45. The van der Waals surface area contributed by atoms with E-state index in [1.807, 2.05) is 0 Å². The molecule has 1 aromatic carbocycles. The van der Waals surface area contributed by atoms with Gasteiger partial charge in [0.1, 0.15) is 5.82 Å². The molecule has 1 aromatic rings. The third kappa shape index (κ3) is 5.04. The summed E-state index contributed by atoms with van der Waals surface area (Å²) in [6.07, 6.45) is 0. The first kappa shape index (κ1) is 15.8. The van der Waals surface area contributed by atoms with Crippen LogP contribution in [0.1, 0.15) is 10.4 Å². The standard InChI is InChI=1S/C14H18FN3O2S/c15-12-4-2-1-3-11(12)13(19)17-14(21)16-5-6-18-7-9-20-10-8-18/h1-4H,5-10H2,(H2,16,17,19,21). The Balaban J connectivity index is 1.71. The molecule has 2 N–H and O–H groups in total. The molecule has 0 unspecified atom stereocenters. The normalized spacial score (nSPS) is 15.5. The molecule has 1 heterocycles. The number of morpholine rings is 1. The Morgan fingerprint density at radius 3 is 2.76 bits per heavy atom. The molecular formula is C14H18FN3O2S. The second kappa shape index (κ2) is 8.02. The van der Waals surface area contributed by atoms with Crippen molar-refractivity contribution in [2.75, 3.05) is 39.4 Å². The maximum absolute atomic E-state index is 13.4. The molecule has 7 heteroatoms. The fourth-order valence-corrected chi connectivity index (χ4v) is 2.21. The minimum Gasteiger partial charge on any atom is -0.379 e. The molecule has 114 valence electrons. The van der Waals surface area contributed by atoms with Crippen LogP contribution in [0.5, 0.6) is 0 Å². The molecule has 0 aromatic heterocycles. The number of amides is 1. The third-order valence-corrected chi connectivity index (χ3v) is 3.41. The summed E-state index contributed by atoms with van der Waals surface area (Å²) in [5, 5.41) is 5.62. The molecule has 21 heavy (non-hydrogen) atoms. The van der Waals surface area contributed by atoms with Gasteiger partial charge < -0.3 is 10.1 Å². The van der Waals surface area contributed by atoms with E-state index < -0.39 is 11.7 Å². The number of benzene rings is 1. The number of halogens is 1. The van der Waals surface area contributed by atoms with Crippen LogP contribution < -0.4 is 10.6 Å². The van der Waals surface area contributed by atoms with Crippen LogP contribution in [0, 0.1) is 5.82 Å². The van der Waals surface area contributed by atoms with Gasteiger partial charge in [0.15, 0.2) is 5.11 Å². The van der Waals surface area contributed by atoms with Gasteiger partial charge in [-0.15, -0.1) is 0 Å². The predicted molar refractivity (Wildman–Crippen MR) is 81.7 cm³/mol. The van der Waals surface area contributed by atoms with Crippen molar-refractivity contribution < 1.29 is 13.9 Å². The highest BCUT2D eigenvalue weighted by Crippen LogP contribution is 2.05. The van der Waals surface area contributed by atoms with Crippen LogP contribution in [0.2, 0.25) is 0 Å². The fourth-order valence-electron chi connectivity index (χ4n) is 2.01. The van der Waals surface area contributed by atoms with Crippen molar-refractivity contribution >= 4 is 23.2 Å². The van der Waals surface area contributed by atoms with E-state index in [1.165, 1.54) is 18.2 Å². The fraction of sp³-hybridized carbons (Fsp3) is 0.429. The van der Waals surface area contributed by atoms with Crippen LogP contribution in [0.25, 0.3) is 0 Å². The second-order valence-corrected chi connectivity index (χ2v) is 5.05. The number of nitrogens with one attached hydrogen (secondary N) is 2. The van der Waals surface area contributed by atoms with Crippen LogP contribution in [-0.2, 0) is 4.74 Å². The van der Waals surface area contributed by atoms with Crippen LogP contribution in [0.4, 0.5) is 4.39 Å². The van der Waals surface area contributed by atoms with Crippen LogP contribution in [-0.4, -0.2) is 55.3 Å². The molecule has 0 radical (unpaired) electrons. The largest absolute Gasteiger partial charge is 0.379 e. The van der Waals surface area contributed by atoms with Gasteiger partial charge in [-0.2, -0.15) is 0 Å². The van der Waals surface area contributed by atoms with Crippen molar-refractivity contribution in [1.29, 1.82) is 0 Å². The second-order valence-electron chi connectivity index (χ2n) is 4.64. The molecule has 1 aliphatic heterocycles. The van der Waals surface area contributed by atoms with Gasteiger partial charge in [0, 0.05) is 26.2 Å². The first-order valence-corrected chi connectivity index (χ1v) is 7.21. The average Bonchev–Trinajstić information content (AvgIpc) is 2.48. The van der Waals surface area contributed by atoms with Crippen molar-refractivity contribution in [2.45, 2.75) is 0 Å². The zero-order valence-corrected chi connectivity index (χ0v) is 12.4. The zero-order valence-electron chi connectivity index (χ0n) is 11.6. The lowest BCUT2D eigenvalue weighted by Gasteiger charge is -2.26. The van der Waals surface area contributed by atoms with Crippen molar-refractivity contribution in [2.24, 2.45) is 0 Å². The van der Waals surface area contributed by atoms with Crippen LogP contribution in [0.3, 0.4) is 0 Å². The molecule has 2 rings (SSSR count). The van der Waals surface area contributed by atoms with Crippen molar-refractivity contribution in [3.8, 4) is 0 Å². The maximum atomic E-state index is 13.4. The summed E-state index contributed by atoms with van der Waals surface area (Å²) in [4.78, 5) is 14.1. The van der Waals surface area contributed by atoms with E-state index in [0.29, 0.717) is 6.54 Å². The summed E-state index contributed by atoms with van der Waals surface area (Å²) < 4.78 is 18.7. The molecule has 1 amide bonds. The van der Waals surface area contributed by atoms with Crippen LogP contribution in [0.15, 0.2) is 24.3 Å². The van der Waals surface area contributed by atoms with Gasteiger partial charge in [-0.25, -0.2) is 4.39 Å². The summed E-state index contributed by atoms with van der Waals surface area (Å²) >= 11 is 5.03. The Labute approximate surface area is 128 Å². The quantitative estimate of drug-likeness (QED) is 0.804. The van der Waals surface area contributed by atoms with Gasteiger partial charge in [0.05, 0.1) is 18.8 Å². The molecule has 0 saturated carbocycles. The Hall–Kier alpha value is -1.57. The summed E-state index contributed by atoms with van der Waals surface area (Å²) in [6.45, 7) is 4.73. The molecular weight excluding hydrogens is 293 g/mol. The number of nitrogens with zero attached hydrogens (tertiary/aromatic N) is 1. The van der Waals surface area contributed by atoms with E-state index in [0.717, 1.165) is 32.8 Å². The van der Waals surface area contributed by atoms with E-state index in [1.54, 1.807) is 6.07 Å². The molecule has 1 fully saturated rings. The minimum atomic E-state index is -0.564. The minimum absolute atomic E-state index is 0.0187. The SMILES string of the molecule is O=C(NC(=S)NCCN1CCOCC1)c1ccccc1F. The number of hydrogen-bond donors (Lipinski definition) is 2.